The van der Waals surface area contributed by atoms with Crippen molar-refractivity contribution in [1.29, 1.82) is 0 Å². The Hall–Kier alpha value is -7.20. The lowest BCUT2D eigenvalue weighted by Gasteiger charge is -2.25. The van der Waals surface area contributed by atoms with Gasteiger partial charge in [0, 0.05) is 36.4 Å². The monoisotopic (exact) mass is 746 g/mol. The first-order valence-corrected chi connectivity index (χ1v) is 15.4. The van der Waals surface area contributed by atoms with Gasteiger partial charge in [-0.1, -0.05) is 12.2 Å². The SMILES string of the molecule is Nc1nc(=S)c2ncn([C@@H]3O[C@H](COC(=O)c4ccc([N+](=O)[O-])cc4)[C@H](OC(=O)c4ccc([N+](=O)[O-])cc4)[C@@H]3OC(=O)c3ccc([N+](=O)[O-])cc3)c2[nH]1. The second-order valence-corrected chi connectivity index (χ2v) is 11.5. The van der Waals surface area contributed by atoms with Crippen LogP contribution in [-0.2, 0) is 18.9 Å². The number of nitrogen functional groups attached to an aromatic ring is 1. The van der Waals surface area contributed by atoms with Gasteiger partial charge in [0.15, 0.2) is 29.0 Å². The van der Waals surface area contributed by atoms with Crippen molar-refractivity contribution in [2.45, 2.75) is 24.5 Å². The molecule has 0 radical (unpaired) electrons. The first-order chi connectivity index (χ1) is 25.3. The Morgan fingerprint density at radius 3 is 1.70 bits per heavy atom. The number of H-pyrrole nitrogens is 1. The summed E-state index contributed by atoms with van der Waals surface area (Å²) >= 11 is 5.28. The van der Waals surface area contributed by atoms with Crippen molar-refractivity contribution in [3.05, 3.63) is 131 Å². The zero-order chi connectivity index (χ0) is 38.0. The molecule has 3 N–H and O–H groups in total. The Balaban J connectivity index is 1.38. The van der Waals surface area contributed by atoms with Crippen molar-refractivity contribution >= 4 is 64.3 Å². The van der Waals surface area contributed by atoms with Gasteiger partial charge in [-0.05, 0) is 36.4 Å². The number of rotatable bonds is 11. The molecule has 6 rings (SSSR count). The summed E-state index contributed by atoms with van der Waals surface area (Å²) in [5, 5.41) is 33.4. The maximum atomic E-state index is 13.5. The summed E-state index contributed by atoms with van der Waals surface area (Å²) in [5.41, 5.74) is 4.97. The number of ether oxygens (including phenoxy) is 4. The Kier molecular flexibility index (Phi) is 9.79. The van der Waals surface area contributed by atoms with Crippen LogP contribution in [0, 0.1) is 35.0 Å². The van der Waals surface area contributed by atoms with Crippen molar-refractivity contribution in [1.82, 2.24) is 19.5 Å². The zero-order valence-corrected chi connectivity index (χ0v) is 27.3. The van der Waals surface area contributed by atoms with Gasteiger partial charge in [0.25, 0.3) is 17.1 Å². The number of imidazole rings is 1. The second-order valence-electron chi connectivity index (χ2n) is 11.1. The van der Waals surface area contributed by atoms with Crippen LogP contribution in [0.25, 0.3) is 11.2 Å². The van der Waals surface area contributed by atoms with Gasteiger partial charge in [0.1, 0.15) is 23.9 Å². The Labute approximate surface area is 299 Å². The van der Waals surface area contributed by atoms with Crippen molar-refractivity contribution < 1.29 is 48.1 Å². The van der Waals surface area contributed by atoms with Crippen LogP contribution >= 0.6 is 12.2 Å². The van der Waals surface area contributed by atoms with Gasteiger partial charge < -0.3 is 29.7 Å². The van der Waals surface area contributed by atoms with Gasteiger partial charge in [0.2, 0.25) is 0 Å². The number of fused-ring (bicyclic) bond motifs is 1. The highest BCUT2D eigenvalue weighted by atomic mass is 32.1. The summed E-state index contributed by atoms with van der Waals surface area (Å²) in [7, 11) is 0. The van der Waals surface area contributed by atoms with E-state index in [9.17, 15) is 44.7 Å². The molecule has 270 valence electrons. The van der Waals surface area contributed by atoms with Gasteiger partial charge in [-0.2, -0.15) is 0 Å². The highest BCUT2D eigenvalue weighted by Crippen LogP contribution is 2.37. The number of anilines is 1. The molecule has 0 bridgehead atoms. The third-order valence-electron chi connectivity index (χ3n) is 7.83. The zero-order valence-electron chi connectivity index (χ0n) is 26.5. The van der Waals surface area contributed by atoms with Gasteiger partial charge >= 0.3 is 17.9 Å². The Morgan fingerprint density at radius 2 is 1.23 bits per heavy atom. The average molecular weight is 747 g/mol. The molecule has 0 amide bonds. The third-order valence-corrected chi connectivity index (χ3v) is 8.12. The van der Waals surface area contributed by atoms with Crippen LogP contribution in [0.2, 0.25) is 0 Å². The predicted molar refractivity (Wildman–Crippen MR) is 179 cm³/mol. The second kappa shape index (κ2) is 14.6. The minimum Gasteiger partial charge on any atom is -0.459 e. The van der Waals surface area contributed by atoms with Crippen LogP contribution in [0.5, 0.6) is 0 Å². The van der Waals surface area contributed by atoms with Gasteiger partial charge in [-0.15, -0.1) is 0 Å². The number of carbonyl (C=O) groups excluding carboxylic acids is 3. The summed E-state index contributed by atoms with van der Waals surface area (Å²) in [6.45, 7) is -0.636. The molecular formula is C31H22N8O13S. The maximum Gasteiger partial charge on any atom is 0.338 e. The molecule has 22 heteroatoms. The van der Waals surface area contributed by atoms with E-state index in [0.717, 1.165) is 72.8 Å². The minimum absolute atomic E-state index is 0.00199. The number of esters is 3. The number of nitrogens with two attached hydrogens (primary N) is 1. The number of benzene rings is 3. The molecule has 1 aliphatic rings. The number of hydrogen-bond acceptors (Lipinski definition) is 17. The molecule has 0 unspecified atom stereocenters. The minimum atomic E-state index is -1.58. The van der Waals surface area contributed by atoms with Crippen LogP contribution in [0.1, 0.15) is 37.3 Å². The van der Waals surface area contributed by atoms with Gasteiger partial charge in [0.05, 0.1) is 37.8 Å². The summed E-state index contributed by atoms with van der Waals surface area (Å²) in [4.78, 5) is 82.5. The number of aromatic amines is 1. The van der Waals surface area contributed by atoms with E-state index in [0.29, 0.717) is 0 Å². The fraction of sp³-hybridized carbons (Fsp3) is 0.161. The van der Waals surface area contributed by atoms with E-state index in [4.69, 9.17) is 36.9 Å². The van der Waals surface area contributed by atoms with Crippen molar-refractivity contribution in [2.75, 3.05) is 12.3 Å². The highest BCUT2D eigenvalue weighted by Gasteiger charge is 2.52. The standard InChI is InChI=1S/C31H22N8O13S/c32-31-34-25-22(26(53)35-31)33-14-36(25)27-24(52-30(42)17-5-11-20(12-6-17)39(47)48)23(51-29(41)16-3-9-19(10-4-16)38(45)46)21(50-27)13-49-28(40)15-1-7-18(8-2-15)37(43)44/h1-12,14,21,23-24,27H,13H2,(H3,32,34,35,53)/t21-,23+,24+,27-/m1/s1. The summed E-state index contributed by atoms with van der Waals surface area (Å²) < 4.78 is 24.7. The molecule has 3 aromatic carbocycles. The van der Waals surface area contributed by atoms with E-state index in [-0.39, 0.29) is 55.5 Å². The summed E-state index contributed by atoms with van der Waals surface area (Å²) in [6.07, 6.45) is -4.70. The van der Waals surface area contributed by atoms with E-state index in [1.54, 1.807) is 0 Å². The molecule has 0 saturated carbocycles. The largest absolute Gasteiger partial charge is 0.459 e. The molecule has 1 aliphatic heterocycles. The van der Waals surface area contributed by atoms with Crippen LogP contribution in [0.3, 0.4) is 0 Å². The number of nitrogens with one attached hydrogen (secondary N) is 1. The number of non-ortho nitro benzene ring substituents is 3. The highest BCUT2D eigenvalue weighted by molar-refractivity contribution is 7.71. The molecule has 2 aromatic heterocycles. The Morgan fingerprint density at radius 1 is 0.774 bits per heavy atom. The van der Waals surface area contributed by atoms with E-state index < -0.39 is 63.8 Å². The number of carbonyl (C=O) groups is 3. The molecular weight excluding hydrogens is 724 g/mol. The van der Waals surface area contributed by atoms with E-state index >= 15 is 0 Å². The summed E-state index contributed by atoms with van der Waals surface area (Å²) in [6, 6.07) is 13.4. The first-order valence-electron chi connectivity index (χ1n) is 15.0. The fourth-order valence-corrected chi connectivity index (χ4v) is 5.51. The number of nitro benzene ring substituents is 3. The fourth-order valence-electron chi connectivity index (χ4n) is 5.26. The molecule has 1 fully saturated rings. The van der Waals surface area contributed by atoms with E-state index in [1.165, 1.54) is 10.9 Å². The maximum absolute atomic E-state index is 13.5. The number of nitro groups is 3. The van der Waals surface area contributed by atoms with Crippen LogP contribution < -0.4 is 5.73 Å². The molecule has 4 atom stereocenters. The average Bonchev–Trinajstić information content (AvgIpc) is 3.71. The quantitative estimate of drug-likeness (QED) is 0.0634. The molecule has 3 heterocycles. The lowest BCUT2D eigenvalue weighted by Crippen LogP contribution is -2.41. The Bertz CT molecular complexity index is 2330. The van der Waals surface area contributed by atoms with E-state index in [2.05, 4.69) is 15.0 Å². The number of nitrogens with zero attached hydrogens (tertiary/aromatic N) is 6. The topological polar surface area (TPSA) is 290 Å². The van der Waals surface area contributed by atoms with E-state index in [1.807, 2.05) is 0 Å². The third kappa shape index (κ3) is 7.47. The first kappa shape index (κ1) is 35.6. The molecule has 21 nitrogen and oxygen atoms in total. The lowest BCUT2D eigenvalue weighted by molar-refractivity contribution is -0.385. The molecule has 0 spiro atoms. The van der Waals surface area contributed by atoms with Crippen LogP contribution in [0.4, 0.5) is 23.0 Å². The van der Waals surface area contributed by atoms with Crippen LogP contribution in [-0.4, -0.2) is 77.1 Å². The molecule has 0 aliphatic carbocycles. The number of aromatic nitrogens is 4. The molecule has 1 saturated heterocycles. The summed E-state index contributed by atoms with van der Waals surface area (Å²) in [5.74, 6) is -3.13. The van der Waals surface area contributed by atoms with Crippen molar-refractivity contribution in [3.63, 3.8) is 0 Å². The van der Waals surface area contributed by atoms with Crippen LogP contribution in [0.15, 0.2) is 79.1 Å². The normalized spacial score (nSPS) is 17.9. The molecule has 5 aromatic rings. The predicted octanol–water partition coefficient (Wildman–Crippen LogP) is 4.00. The number of hydrogen-bond donors (Lipinski definition) is 2. The smallest absolute Gasteiger partial charge is 0.338 e. The lowest BCUT2D eigenvalue weighted by atomic mass is 10.1. The molecule has 53 heavy (non-hydrogen) atoms. The van der Waals surface area contributed by atoms with Crippen molar-refractivity contribution in [3.8, 4) is 0 Å². The van der Waals surface area contributed by atoms with Gasteiger partial charge in [-0.3, -0.25) is 34.9 Å². The van der Waals surface area contributed by atoms with Crippen molar-refractivity contribution in [2.24, 2.45) is 0 Å². The van der Waals surface area contributed by atoms with Gasteiger partial charge in [-0.25, -0.2) is 24.4 Å².